The number of halogens is 1. The number of aryl methyl sites for hydroxylation is 1. The van der Waals surface area contributed by atoms with Gasteiger partial charge < -0.3 is 9.84 Å². The van der Waals surface area contributed by atoms with Crippen molar-refractivity contribution in [1.29, 1.82) is 0 Å². The molecule has 0 unspecified atom stereocenters. The van der Waals surface area contributed by atoms with Gasteiger partial charge in [0, 0.05) is 0 Å². The van der Waals surface area contributed by atoms with E-state index in [1.165, 1.54) is 11.6 Å². The first kappa shape index (κ1) is 13.6. The molecule has 0 saturated carbocycles. The third kappa shape index (κ3) is 3.55. The molecular weight excluding hydrogens is 243 g/mol. The van der Waals surface area contributed by atoms with Gasteiger partial charge in [0.15, 0.2) is 11.6 Å². The first-order valence-electron chi connectivity index (χ1n) is 6.22. The zero-order valence-corrected chi connectivity index (χ0v) is 11.1. The van der Waals surface area contributed by atoms with E-state index < -0.39 is 11.9 Å². The van der Waals surface area contributed by atoms with Crippen LogP contribution in [-0.4, -0.2) is 5.11 Å². The number of aliphatic hydroxyl groups is 1. The highest BCUT2D eigenvalue weighted by Gasteiger charge is 2.08. The quantitative estimate of drug-likeness (QED) is 0.906. The topological polar surface area (TPSA) is 29.5 Å². The molecule has 2 nitrogen and oxygen atoms in total. The third-order valence-electron chi connectivity index (χ3n) is 2.95. The van der Waals surface area contributed by atoms with Crippen LogP contribution >= 0.6 is 0 Å². The molecule has 0 saturated heterocycles. The van der Waals surface area contributed by atoms with Crippen molar-refractivity contribution in [2.75, 3.05) is 0 Å². The lowest BCUT2D eigenvalue weighted by molar-refractivity contribution is 0.198. The van der Waals surface area contributed by atoms with Gasteiger partial charge in [0.2, 0.25) is 0 Å². The number of ether oxygens (including phenoxy) is 1. The summed E-state index contributed by atoms with van der Waals surface area (Å²) in [6, 6.07) is 12.4. The van der Waals surface area contributed by atoms with Gasteiger partial charge in [0.05, 0.1) is 6.10 Å². The van der Waals surface area contributed by atoms with Crippen LogP contribution in [0.15, 0.2) is 42.5 Å². The van der Waals surface area contributed by atoms with Crippen LogP contribution in [0.2, 0.25) is 0 Å². The van der Waals surface area contributed by atoms with Crippen molar-refractivity contribution < 1.29 is 14.2 Å². The fraction of sp³-hybridized carbons (Fsp3) is 0.250. The molecule has 0 heterocycles. The Kier molecular flexibility index (Phi) is 4.17. The molecule has 2 rings (SSSR count). The van der Waals surface area contributed by atoms with E-state index in [4.69, 9.17) is 4.74 Å². The zero-order valence-electron chi connectivity index (χ0n) is 11.1. The van der Waals surface area contributed by atoms with Gasteiger partial charge in [-0.3, -0.25) is 0 Å². The molecule has 0 aliphatic carbocycles. The summed E-state index contributed by atoms with van der Waals surface area (Å²) in [5.41, 5.74) is 2.71. The molecule has 19 heavy (non-hydrogen) atoms. The molecule has 0 amide bonds. The van der Waals surface area contributed by atoms with E-state index in [1.807, 2.05) is 31.2 Å². The van der Waals surface area contributed by atoms with Crippen LogP contribution in [0.5, 0.6) is 5.75 Å². The fourth-order valence-corrected chi connectivity index (χ4v) is 1.74. The summed E-state index contributed by atoms with van der Waals surface area (Å²) in [7, 11) is 0. The average molecular weight is 260 g/mol. The van der Waals surface area contributed by atoms with E-state index in [0.29, 0.717) is 12.2 Å². The number of hydrogen-bond acceptors (Lipinski definition) is 2. The summed E-state index contributed by atoms with van der Waals surface area (Å²) in [4.78, 5) is 0. The maximum atomic E-state index is 13.7. The molecule has 0 bridgehead atoms. The molecule has 0 aliphatic heterocycles. The Bertz CT molecular complexity index is 547. The highest BCUT2D eigenvalue weighted by molar-refractivity contribution is 5.31. The molecule has 2 aromatic rings. The first-order valence-corrected chi connectivity index (χ1v) is 6.22. The molecule has 0 fully saturated rings. The number of rotatable bonds is 4. The van der Waals surface area contributed by atoms with Crippen molar-refractivity contribution in [2.45, 2.75) is 26.6 Å². The third-order valence-corrected chi connectivity index (χ3v) is 2.95. The molecule has 0 radical (unpaired) electrons. The molecular formula is C16H17FO2. The summed E-state index contributed by atoms with van der Waals surface area (Å²) in [6.07, 6.45) is -0.680. The van der Waals surface area contributed by atoms with Crippen molar-refractivity contribution in [3.8, 4) is 5.75 Å². The predicted molar refractivity (Wildman–Crippen MR) is 72.5 cm³/mol. The zero-order chi connectivity index (χ0) is 13.8. The molecule has 0 aliphatic rings. The van der Waals surface area contributed by atoms with Crippen LogP contribution in [0, 0.1) is 12.7 Å². The molecule has 0 spiro atoms. The van der Waals surface area contributed by atoms with E-state index in [0.717, 1.165) is 5.56 Å². The van der Waals surface area contributed by atoms with Crippen LogP contribution in [0.3, 0.4) is 0 Å². The lowest BCUT2D eigenvalue weighted by Gasteiger charge is -2.10. The van der Waals surface area contributed by atoms with Crippen molar-refractivity contribution in [3.05, 3.63) is 65.0 Å². The Morgan fingerprint density at radius 1 is 1.16 bits per heavy atom. The molecule has 3 heteroatoms. The average Bonchev–Trinajstić information content (AvgIpc) is 2.39. The minimum Gasteiger partial charge on any atom is -0.486 e. The van der Waals surface area contributed by atoms with Gasteiger partial charge >= 0.3 is 0 Å². The lowest BCUT2D eigenvalue weighted by atomic mass is 10.1. The van der Waals surface area contributed by atoms with E-state index in [1.54, 1.807) is 19.1 Å². The largest absolute Gasteiger partial charge is 0.486 e. The Morgan fingerprint density at radius 2 is 1.84 bits per heavy atom. The van der Waals surface area contributed by atoms with Crippen LogP contribution in [0.1, 0.15) is 29.7 Å². The maximum Gasteiger partial charge on any atom is 0.165 e. The van der Waals surface area contributed by atoms with Crippen molar-refractivity contribution in [2.24, 2.45) is 0 Å². The van der Waals surface area contributed by atoms with Gasteiger partial charge in [-0.15, -0.1) is 0 Å². The first-order chi connectivity index (χ1) is 9.06. The number of hydrogen-bond donors (Lipinski definition) is 1. The SMILES string of the molecule is Cc1ccc(COc2ccc([C@@H](C)O)cc2F)cc1. The standard InChI is InChI=1S/C16H17FO2/c1-11-3-5-13(6-4-11)10-19-16-8-7-14(12(2)18)9-15(16)17/h3-9,12,18H,10H2,1-2H3/t12-/m1/s1. The number of benzene rings is 2. The van der Waals surface area contributed by atoms with Crippen LogP contribution in [0.25, 0.3) is 0 Å². The van der Waals surface area contributed by atoms with Gasteiger partial charge in [-0.05, 0) is 37.1 Å². The summed E-state index contributed by atoms with van der Waals surface area (Å²) >= 11 is 0. The molecule has 2 aromatic carbocycles. The highest BCUT2D eigenvalue weighted by atomic mass is 19.1. The maximum absolute atomic E-state index is 13.7. The second-order valence-electron chi connectivity index (χ2n) is 4.64. The van der Waals surface area contributed by atoms with Gasteiger partial charge in [-0.1, -0.05) is 35.9 Å². The van der Waals surface area contributed by atoms with E-state index in [9.17, 15) is 9.50 Å². The minimum atomic E-state index is -0.680. The monoisotopic (exact) mass is 260 g/mol. The predicted octanol–water partition coefficient (Wildman–Crippen LogP) is 3.77. The molecule has 0 aromatic heterocycles. The minimum absolute atomic E-state index is 0.199. The Labute approximate surface area is 112 Å². The van der Waals surface area contributed by atoms with Crippen LogP contribution in [-0.2, 0) is 6.61 Å². The van der Waals surface area contributed by atoms with Gasteiger partial charge in [0.25, 0.3) is 0 Å². The summed E-state index contributed by atoms with van der Waals surface area (Å²) in [6.45, 7) is 3.94. The van der Waals surface area contributed by atoms with Crippen molar-refractivity contribution in [1.82, 2.24) is 0 Å². The van der Waals surface area contributed by atoms with Crippen LogP contribution < -0.4 is 4.74 Å². The Morgan fingerprint density at radius 3 is 2.42 bits per heavy atom. The second-order valence-corrected chi connectivity index (χ2v) is 4.64. The highest BCUT2D eigenvalue weighted by Crippen LogP contribution is 2.22. The summed E-state index contributed by atoms with van der Waals surface area (Å²) in [5, 5.41) is 9.37. The van der Waals surface area contributed by atoms with Gasteiger partial charge in [-0.25, -0.2) is 4.39 Å². The second kappa shape index (κ2) is 5.85. The van der Waals surface area contributed by atoms with Gasteiger partial charge in [0.1, 0.15) is 6.61 Å². The molecule has 1 atom stereocenters. The molecule has 100 valence electrons. The summed E-state index contributed by atoms with van der Waals surface area (Å²) in [5.74, 6) is -0.254. The smallest absolute Gasteiger partial charge is 0.165 e. The number of aliphatic hydroxyl groups excluding tert-OH is 1. The van der Waals surface area contributed by atoms with Gasteiger partial charge in [-0.2, -0.15) is 0 Å². The van der Waals surface area contributed by atoms with E-state index in [-0.39, 0.29) is 5.75 Å². The van der Waals surface area contributed by atoms with E-state index >= 15 is 0 Å². The Balaban J connectivity index is 2.05. The van der Waals surface area contributed by atoms with Crippen molar-refractivity contribution in [3.63, 3.8) is 0 Å². The van der Waals surface area contributed by atoms with Crippen LogP contribution in [0.4, 0.5) is 4.39 Å². The van der Waals surface area contributed by atoms with Crippen molar-refractivity contribution >= 4 is 0 Å². The Hall–Kier alpha value is -1.87. The fourth-order valence-electron chi connectivity index (χ4n) is 1.74. The normalized spacial score (nSPS) is 12.2. The lowest BCUT2D eigenvalue weighted by Crippen LogP contribution is -1.99. The molecule has 1 N–H and O–H groups in total. The van der Waals surface area contributed by atoms with E-state index in [2.05, 4.69) is 0 Å². The summed E-state index contributed by atoms with van der Waals surface area (Å²) < 4.78 is 19.2.